The van der Waals surface area contributed by atoms with E-state index in [-0.39, 0.29) is 0 Å². The molecule has 0 amide bonds. The van der Waals surface area contributed by atoms with Crippen molar-refractivity contribution in [2.24, 2.45) is 0 Å². The third-order valence-electron chi connectivity index (χ3n) is 1.98. The van der Waals surface area contributed by atoms with Gasteiger partial charge in [0.25, 0.3) is 0 Å². The van der Waals surface area contributed by atoms with Crippen LogP contribution in [0, 0.1) is 0 Å². The highest BCUT2D eigenvalue weighted by Crippen LogP contribution is 2.01. The summed E-state index contributed by atoms with van der Waals surface area (Å²) in [6.45, 7) is 8.48. The molecule has 0 aromatic carbocycles. The Morgan fingerprint density at radius 3 is 2.33 bits per heavy atom. The molecular weight excluding hydrogens is 184 g/mol. The van der Waals surface area contributed by atoms with E-state index in [1.54, 1.807) is 0 Å². The van der Waals surface area contributed by atoms with Crippen LogP contribution in [0.2, 0.25) is 0 Å². The van der Waals surface area contributed by atoms with Crippen molar-refractivity contribution in [1.82, 2.24) is 5.32 Å². The van der Waals surface area contributed by atoms with Crippen molar-refractivity contribution in [3.05, 3.63) is 35.6 Å². The molecule has 0 bridgehead atoms. The third-order valence-corrected chi connectivity index (χ3v) is 1.98. The highest BCUT2D eigenvalue weighted by atomic mass is 14.8. The van der Waals surface area contributed by atoms with Gasteiger partial charge in [-0.3, -0.25) is 0 Å². The van der Waals surface area contributed by atoms with Gasteiger partial charge in [-0.1, -0.05) is 12.2 Å². The van der Waals surface area contributed by atoms with Gasteiger partial charge in [0.05, 0.1) is 0 Å². The molecule has 0 rings (SSSR count). The highest BCUT2D eigenvalue weighted by molar-refractivity contribution is 5.74. The molecule has 0 aliphatic rings. The molecule has 2 heteroatoms. The number of hydrogen-bond acceptors (Lipinski definition) is 1. The van der Waals surface area contributed by atoms with E-state index in [0.29, 0.717) is 6.04 Å². The molecule has 0 aliphatic heterocycles. The van der Waals surface area contributed by atoms with Crippen LogP contribution >= 0.6 is 0 Å². The average Bonchev–Trinajstić information content (AvgIpc) is 2.20. The maximum absolute atomic E-state index is 3.28. The molecule has 0 aromatic heterocycles. The molecule has 0 saturated heterocycles. The Kier molecular flexibility index (Phi) is 7.33. The topological polar surface area (TPSA) is 26.0 Å². The van der Waals surface area contributed by atoms with Crippen molar-refractivity contribution < 1.29 is 4.99 Å². The van der Waals surface area contributed by atoms with Gasteiger partial charge in [0.1, 0.15) is 6.04 Å². The van der Waals surface area contributed by atoms with Crippen LogP contribution < -0.4 is 10.3 Å². The molecule has 84 valence electrons. The number of hydrogen-bond donors (Lipinski definition) is 2. The smallest absolute Gasteiger partial charge is 0.165 e. The SMILES string of the molecule is CNC=CC=C/C(C)=C(/C)C=[NH+]C(C)C. The second kappa shape index (κ2) is 8.04. The van der Waals surface area contributed by atoms with Gasteiger partial charge in [-0.15, -0.1) is 0 Å². The lowest BCUT2D eigenvalue weighted by atomic mass is 10.1. The molecule has 0 radical (unpaired) electrons. The predicted molar refractivity (Wildman–Crippen MR) is 67.9 cm³/mol. The summed E-state index contributed by atoms with van der Waals surface area (Å²) >= 11 is 0. The molecule has 0 fully saturated rings. The normalized spacial score (nSPS) is 14.5. The maximum Gasteiger partial charge on any atom is 0.165 e. The van der Waals surface area contributed by atoms with Gasteiger partial charge in [-0.05, 0) is 45.5 Å². The van der Waals surface area contributed by atoms with Gasteiger partial charge in [-0.2, -0.15) is 0 Å². The lowest BCUT2D eigenvalue weighted by molar-refractivity contribution is -0.488. The van der Waals surface area contributed by atoms with Crippen LogP contribution in [0.25, 0.3) is 0 Å². The Morgan fingerprint density at radius 2 is 1.80 bits per heavy atom. The molecule has 2 nitrogen and oxygen atoms in total. The van der Waals surface area contributed by atoms with Crippen molar-refractivity contribution >= 4 is 6.21 Å². The number of allylic oxidation sites excluding steroid dienone is 5. The molecule has 2 N–H and O–H groups in total. The zero-order valence-corrected chi connectivity index (χ0v) is 10.5. The number of rotatable bonds is 5. The number of nitrogens with one attached hydrogen (secondary N) is 2. The Hall–Kier alpha value is -1.31. The summed E-state index contributed by atoms with van der Waals surface area (Å²) in [5.41, 5.74) is 2.53. The molecule has 0 aromatic rings. The zero-order chi connectivity index (χ0) is 11.7. The van der Waals surface area contributed by atoms with Gasteiger partial charge in [-0.25, -0.2) is 4.99 Å². The van der Waals surface area contributed by atoms with Gasteiger partial charge < -0.3 is 5.32 Å². The van der Waals surface area contributed by atoms with Crippen LogP contribution in [0.3, 0.4) is 0 Å². The van der Waals surface area contributed by atoms with Crippen LogP contribution in [0.4, 0.5) is 0 Å². The average molecular weight is 207 g/mol. The van der Waals surface area contributed by atoms with E-state index in [0.717, 1.165) is 0 Å². The van der Waals surface area contributed by atoms with Crippen molar-refractivity contribution in [2.75, 3.05) is 7.05 Å². The van der Waals surface area contributed by atoms with E-state index in [9.17, 15) is 0 Å². The quantitative estimate of drug-likeness (QED) is 0.514. The van der Waals surface area contributed by atoms with Crippen LogP contribution in [-0.2, 0) is 0 Å². The molecular formula is C13H23N2+. The fourth-order valence-electron chi connectivity index (χ4n) is 0.889. The zero-order valence-electron chi connectivity index (χ0n) is 10.5. The van der Waals surface area contributed by atoms with Crippen molar-refractivity contribution in [1.29, 1.82) is 0 Å². The van der Waals surface area contributed by atoms with Crippen LogP contribution in [-0.4, -0.2) is 19.3 Å². The standard InChI is InChI=1S/C13H22N2/c1-11(2)15-10-13(4)12(3)8-6-7-9-14-5/h6-11,14H,1-5H3/p+1/b8-6?,9-7?,13-12-,15-10?. The molecule has 0 unspecified atom stereocenters. The van der Waals surface area contributed by atoms with Gasteiger partial charge >= 0.3 is 0 Å². The summed E-state index contributed by atoms with van der Waals surface area (Å²) in [6.07, 6.45) is 10.1. The van der Waals surface area contributed by atoms with Crippen molar-refractivity contribution in [3.8, 4) is 0 Å². The summed E-state index contributed by atoms with van der Waals surface area (Å²) in [6, 6.07) is 0.487. The van der Waals surface area contributed by atoms with E-state index in [1.807, 2.05) is 25.4 Å². The van der Waals surface area contributed by atoms with E-state index in [4.69, 9.17) is 0 Å². The first-order valence-electron chi connectivity index (χ1n) is 5.35. The fraction of sp³-hybridized carbons (Fsp3) is 0.462. The Balaban J connectivity index is 4.38. The lowest BCUT2D eigenvalue weighted by Gasteiger charge is -1.94. The van der Waals surface area contributed by atoms with Crippen LogP contribution in [0.15, 0.2) is 35.6 Å². The van der Waals surface area contributed by atoms with E-state index in [2.05, 4.69) is 50.3 Å². The predicted octanol–water partition coefficient (Wildman–Crippen LogP) is 1.17. The molecule has 0 spiro atoms. The van der Waals surface area contributed by atoms with E-state index < -0.39 is 0 Å². The molecule has 0 aliphatic carbocycles. The van der Waals surface area contributed by atoms with Crippen LogP contribution in [0.5, 0.6) is 0 Å². The minimum atomic E-state index is 0.487. The monoisotopic (exact) mass is 207 g/mol. The van der Waals surface area contributed by atoms with Crippen molar-refractivity contribution in [3.63, 3.8) is 0 Å². The van der Waals surface area contributed by atoms with Gasteiger partial charge in [0.15, 0.2) is 6.21 Å². The highest BCUT2D eigenvalue weighted by Gasteiger charge is 1.94. The fourth-order valence-corrected chi connectivity index (χ4v) is 0.889. The summed E-state index contributed by atoms with van der Waals surface area (Å²) < 4.78 is 0. The van der Waals surface area contributed by atoms with Crippen LogP contribution in [0.1, 0.15) is 27.7 Å². The second-order valence-electron chi connectivity index (χ2n) is 3.84. The minimum Gasteiger partial charge on any atom is -0.394 e. The molecule has 0 atom stereocenters. The Morgan fingerprint density at radius 1 is 1.13 bits per heavy atom. The second-order valence-corrected chi connectivity index (χ2v) is 3.84. The van der Waals surface area contributed by atoms with Crippen molar-refractivity contribution in [2.45, 2.75) is 33.7 Å². The largest absolute Gasteiger partial charge is 0.394 e. The first kappa shape index (κ1) is 13.7. The summed E-state index contributed by atoms with van der Waals surface area (Å²) in [5, 5.41) is 2.94. The Labute approximate surface area is 93.5 Å². The molecule has 15 heavy (non-hydrogen) atoms. The third kappa shape index (κ3) is 7.74. The maximum atomic E-state index is 3.28. The lowest BCUT2D eigenvalue weighted by Crippen LogP contribution is -2.74. The van der Waals surface area contributed by atoms with Gasteiger partial charge in [0, 0.05) is 12.6 Å². The van der Waals surface area contributed by atoms with Gasteiger partial charge in [0.2, 0.25) is 0 Å². The minimum absolute atomic E-state index is 0.487. The summed E-state index contributed by atoms with van der Waals surface area (Å²) in [7, 11) is 1.89. The molecule has 0 heterocycles. The molecule has 0 saturated carbocycles. The van der Waals surface area contributed by atoms with E-state index in [1.165, 1.54) is 11.1 Å². The summed E-state index contributed by atoms with van der Waals surface area (Å²) in [5.74, 6) is 0. The Bertz CT molecular complexity index is 281. The summed E-state index contributed by atoms with van der Waals surface area (Å²) in [4.78, 5) is 3.28. The first-order chi connectivity index (χ1) is 7.07. The van der Waals surface area contributed by atoms with E-state index >= 15 is 0 Å². The first-order valence-corrected chi connectivity index (χ1v) is 5.35.